The van der Waals surface area contributed by atoms with E-state index in [1.807, 2.05) is 0 Å². The summed E-state index contributed by atoms with van der Waals surface area (Å²) < 4.78 is 19.4. The first-order valence-corrected chi connectivity index (χ1v) is 13.5. The lowest BCUT2D eigenvalue weighted by atomic mass is 10.1. The van der Waals surface area contributed by atoms with Gasteiger partial charge in [0.05, 0.1) is 37.6 Å². The van der Waals surface area contributed by atoms with E-state index < -0.39 is 8.32 Å². The third-order valence-corrected chi connectivity index (χ3v) is 11.8. The Morgan fingerprint density at radius 1 is 0.806 bits per heavy atom. The molecule has 2 aromatic carbocycles. The molecule has 4 nitrogen and oxygen atoms in total. The first-order chi connectivity index (χ1) is 14.9. The van der Waals surface area contributed by atoms with Crippen LogP contribution < -0.4 is 10.4 Å². The molecule has 4 atom stereocenters. The monoisotopic (exact) mass is 440 g/mol. The molecule has 31 heavy (non-hydrogen) atoms. The van der Waals surface area contributed by atoms with Gasteiger partial charge in [-0.1, -0.05) is 81.4 Å². The maximum atomic E-state index is 9.36. The van der Waals surface area contributed by atoms with Crippen LogP contribution in [0.5, 0.6) is 0 Å². The number of aliphatic hydroxyl groups is 1. The van der Waals surface area contributed by atoms with Gasteiger partial charge in [-0.05, 0) is 41.1 Å². The van der Waals surface area contributed by atoms with Gasteiger partial charge in [0.25, 0.3) is 8.32 Å². The van der Waals surface area contributed by atoms with Crippen LogP contribution in [-0.2, 0) is 13.9 Å². The Kier molecular flexibility index (Phi) is 6.99. The smallest absolute Gasteiger partial charge is 0.261 e. The zero-order valence-corrected chi connectivity index (χ0v) is 20.0. The van der Waals surface area contributed by atoms with Gasteiger partial charge in [0, 0.05) is 0 Å². The third-order valence-electron chi connectivity index (χ3n) is 6.80. The molecule has 0 spiro atoms. The average Bonchev–Trinajstić information content (AvgIpc) is 3.44. The topological polar surface area (TPSA) is 47.9 Å². The molecule has 0 radical (unpaired) electrons. The van der Waals surface area contributed by atoms with Gasteiger partial charge in [-0.3, -0.25) is 0 Å². The summed E-state index contributed by atoms with van der Waals surface area (Å²) in [5.74, 6) is 0. The van der Waals surface area contributed by atoms with E-state index in [1.165, 1.54) is 10.4 Å². The van der Waals surface area contributed by atoms with E-state index >= 15 is 0 Å². The molecule has 0 amide bonds. The first kappa shape index (κ1) is 22.7. The molecule has 2 saturated heterocycles. The van der Waals surface area contributed by atoms with E-state index in [0.29, 0.717) is 6.61 Å². The molecular formula is C26H36O4Si. The van der Waals surface area contributed by atoms with Crippen molar-refractivity contribution in [1.82, 2.24) is 0 Å². The summed E-state index contributed by atoms with van der Waals surface area (Å²) >= 11 is 0. The summed E-state index contributed by atoms with van der Waals surface area (Å²) in [6.07, 6.45) is 4.16. The van der Waals surface area contributed by atoms with E-state index in [1.54, 1.807) is 0 Å². The normalized spacial score (nSPS) is 27.0. The van der Waals surface area contributed by atoms with Crippen molar-refractivity contribution in [2.75, 3.05) is 13.2 Å². The van der Waals surface area contributed by atoms with Crippen molar-refractivity contribution in [2.45, 2.75) is 75.9 Å². The standard InChI is InChI=1S/C26H36O4Si/c1-26(2,3)31(22-10-6-4-7-11-22,23-12-8-5-9-13-23)28-19-21-15-17-25(30-21)24-16-14-20(18-27)29-24/h4-13,20-21,24-25,27H,14-19H2,1-3H3/t20-,21-,24-,25-/m0/s1. The van der Waals surface area contributed by atoms with Gasteiger partial charge in [-0.15, -0.1) is 0 Å². The van der Waals surface area contributed by atoms with Crippen LogP contribution in [0.3, 0.4) is 0 Å². The highest BCUT2D eigenvalue weighted by molar-refractivity contribution is 6.99. The molecule has 2 fully saturated rings. The molecule has 0 aliphatic carbocycles. The quantitative estimate of drug-likeness (QED) is 0.668. The number of ether oxygens (including phenoxy) is 2. The Morgan fingerprint density at radius 2 is 1.29 bits per heavy atom. The predicted octanol–water partition coefficient (Wildman–Crippen LogP) is 3.65. The van der Waals surface area contributed by atoms with Crippen molar-refractivity contribution in [2.24, 2.45) is 0 Å². The molecule has 4 rings (SSSR count). The molecule has 5 heteroatoms. The first-order valence-electron chi connectivity index (χ1n) is 11.6. The summed E-state index contributed by atoms with van der Waals surface area (Å²) in [5, 5.41) is 11.9. The second-order valence-corrected chi connectivity index (χ2v) is 14.2. The van der Waals surface area contributed by atoms with Crippen LogP contribution in [0.4, 0.5) is 0 Å². The minimum absolute atomic E-state index is 0.0268. The van der Waals surface area contributed by atoms with Gasteiger partial charge in [0.2, 0.25) is 0 Å². The predicted molar refractivity (Wildman–Crippen MR) is 126 cm³/mol. The van der Waals surface area contributed by atoms with Crippen molar-refractivity contribution in [3.8, 4) is 0 Å². The molecule has 0 saturated carbocycles. The third kappa shape index (κ3) is 4.66. The summed E-state index contributed by atoms with van der Waals surface area (Å²) in [6.45, 7) is 7.61. The fraction of sp³-hybridized carbons (Fsp3) is 0.538. The summed E-state index contributed by atoms with van der Waals surface area (Å²) in [4.78, 5) is 0. The average molecular weight is 441 g/mol. The van der Waals surface area contributed by atoms with Gasteiger partial charge in [0.15, 0.2) is 0 Å². The van der Waals surface area contributed by atoms with Crippen molar-refractivity contribution < 1.29 is 19.0 Å². The number of aliphatic hydroxyl groups excluding tert-OH is 1. The Hall–Kier alpha value is -1.50. The number of hydrogen-bond acceptors (Lipinski definition) is 4. The molecule has 2 aliphatic heterocycles. The number of rotatable bonds is 7. The van der Waals surface area contributed by atoms with Crippen LogP contribution in [0.2, 0.25) is 5.04 Å². The molecule has 0 bridgehead atoms. The van der Waals surface area contributed by atoms with Crippen molar-refractivity contribution >= 4 is 18.7 Å². The summed E-state index contributed by atoms with van der Waals surface area (Å²) in [5.41, 5.74) is 0. The number of benzene rings is 2. The van der Waals surface area contributed by atoms with Gasteiger partial charge < -0.3 is 19.0 Å². The number of hydrogen-bond donors (Lipinski definition) is 1. The highest BCUT2D eigenvalue weighted by Gasteiger charge is 2.50. The van der Waals surface area contributed by atoms with E-state index in [2.05, 4.69) is 81.4 Å². The lowest BCUT2D eigenvalue weighted by molar-refractivity contribution is -0.0802. The van der Waals surface area contributed by atoms with Crippen LogP contribution in [0.15, 0.2) is 60.7 Å². The van der Waals surface area contributed by atoms with Gasteiger partial charge >= 0.3 is 0 Å². The SMILES string of the molecule is CC(C)(C)[Si](OC[C@@H]1CC[C@@H]([C@@H]2CC[C@@H](CO)O2)O1)(c1ccccc1)c1ccccc1. The lowest BCUT2D eigenvalue weighted by Gasteiger charge is -2.43. The molecule has 2 aliphatic rings. The van der Waals surface area contributed by atoms with Gasteiger partial charge in [-0.25, -0.2) is 0 Å². The second-order valence-electron chi connectivity index (χ2n) is 9.90. The maximum Gasteiger partial charge on any atom is 0.261 e. The fourth-order valence-electron chi connectivity index (χ4n) is 5.25. The Bertz CT molecular complexity index is 781. The van der Waals surface area contributed by atoms with Crippen molar-refractivity contribution in [1.29, 1.82) is 0 Å². The Labute approximate surface area is 187 Å². The van der Waals surface area contributed by atoms with Crippen LogP contribution in [0.1, 0.15) is 46.5 Å². The maximum absolute atomic E-state index is 9.36. The van der Waals surface area contributed by atoms with Crippen LogP contribution in [0.25, 0.3) is 0 Å². The molecule has 2 aromatic rings. The molecule has 0 unspecified atom stereocenters. The molecular weight excluding hydrogens is 404 g/mol. The van der Waals surface area contributed by atoms with Crippen LogP contribution in [0, 0.1) is 0 Å². The fourth-order valence-corrected chi connectivity index (χ4v) is 9.84. The molecule has 1 N–H and O–H groups in total. The minimum atomic E-state index is -2.53. The van der Waals surface area contributed by atoms with E-state index in [-0.39, 0.29) is 36.1 Å². The lowest BCUT2D eigenvalue weighted by Crippen LogP contribution is -2.67. The van der Waals surface area contributed by atoms with E-state index in [4.69, 9.17) is 13.9 Å². The summed E-state index contributed by atoms with van der Waals surface area (Å²) in [7, 11) is -2.53. The summed E-state index contributed by atoms with van der Waals surface area (Å²) in [6, 6.07) is 21.5. The second kappa shape index (κ2) is 9.55. The largest absolute Gasteiger partial charge is 0.405 e. The highest BCUT2D eigenvalue weighted by Crippen LogP contribution is 2.38. The van der Waals surface area contributed by atoms with Gasteiger partial charge in [-0.2, -0.15) is 0 Å². The zero-order chi connectivity index (χ0) is 21.9. The molecule has 0 aromatic heterocycles. The van der Waals surface area contributed by atoms with Crippen molar-refractivity contribution in [3.05, 3.63) is 60.7 Å². The Balaban J connectivity index is 1.54. The zero-order valence-electron chi connectivity index (χ0n) is 19.0. The minimum Gasteiger partial charge on any atom is -0.405 e. The van der Waals surface area contributed by atoms with Crippen LogP contribution in [-0.4, -0.2) is 51.1 Å². The van der Waals surface area contributed by atoms with Gasteiger partial charge in [0.1, 0.15) is 0 Å². The highest BCUT2D eigenvalue weighted by atomic mass is 28.4. The van der Waals surface area contributed by atoms with E-state index in [9.17, 15) is 5.11 Å². The van der Waals surface area contributed by atoms with E-state index in [0.717, 1.165) is 25.7 Å². The molecule has 2 heterocycles. The van der Waals surface area contributed by atoms with Crippen molar-refractivity contribution in [3.63, 3.8) is 0 Å². The Morgan fingerprint density at radius 3 is 1.74 bits per heavy atom. The van der Waals surface area contributed by atoms with Crippen LogP contribution >= 0.6 is 0 Å². The molecule has 168 valence electrons.